The van der Waals surface area contributed by atoms with Crippen LogP contribution in [0, 0.1) is 0 Å². The molecule has 3 heteroatoms. The molecule has 19 heavy (non-hydrogen) atoms. The van der Waals surface area contributed by atoms with Crippen molar-refractivity contribution in [2.24, 2.45) is 5.73 Å². The molecule has 0 spiro atoms. The summed E-state index contributed by atoms with van der Waals surface area (Å²) < 4.78 is 0. The third-order valence-electron chi connectivity index (χ3n) is 2.95. The molecule has 0 amide bonds. The number of hydrogen-bond donors (Lipinski definition) is 2. The van der Waals surface area contributed by atoms with Crippen LogP contribution in [0.4, 0.5) is 0 Å². The molecule has 0 aliphatic carbocycles. The van der Waals surface area contributed by atoms with E-state index < -0.39 is 5.97 Å². The number of aromatic carboxylic acids is 1. The molecule has 2 aromatic rings. The van der Waals surface area contributed by atoms with Crippen LogP contribution in [-0.4, -0.2) is 17.1 Å². The maximum absolute atomic E-state index is 10.9. The van der Waals surface area contributed by atoms with Crippen molar-refractivity contribution in [3.05, 3.63) is 59.7 Å². The van der Waals surface area contributed by atoms with E-state index in [-0.39, 0.29) is 6.04 Å². The van der Waals surface area contributed by atoms with Gasteiger partial charge in [0.15, 0.2) is 0 Å². The molecule has 3 nitrogen and oxygen atoms in total. The number of carboxylic acids is 1. The standard InChI is InChI=1S/C16H17NO2/c1-11(17)9-12-5-7-13(8-6-12)14-3-2-4-15(10-14)16(18)19/h2-8,10-11H,9,17H2,1H3,(H,18,19). The molecular formula is C16H17NO2. The summed E-state index contributed by atoms with van der Waals surface area (Å²) in [6.45, 7) is 1.98. The lowest BCUT2D eigenvalue weighted by Gasteiger charge is -2.07. The molecule has 0 aliphatic rings. The lowest BCUT2D eigenvalue weighted by Crippen LogP contribution is -2.17. The van der Waals surface area contributed by atoms with Crippen molar-refractivity contribution >= 4 is 5.97 Å². The molecule has 0 fully saturated rings. The van der Waals surface area contributed by atoms with Gasteiger partial charge >= 0.3 is 5.97 Å². The van der Waals surface area contributed by atoms with Gasteiger partial charge in [-0.15, -0.1) is 0 Å². The molecule has 0 radical (unpaired) electrons. The molecule has 0 aliphatic heterocycles. The number of hydrogen-bond acceptors (Lipinski definition) is 2. The number of carbonyl (C=O) groups is 1. The van der Waals surface area contributed by atoms with E-state index in [9.17, 15) is 4.79 Å². The van der Waals surface area contributed by atoms with E-state index in [4.69, 9.17) is 10.8 Å². The summed E-state index contributed by atoms with van der Waals surface area (Å²) in [5.74, 6) is -0.907. The maximum Gasteiger partial charge on any atom is 0.335 e. The van der Waals surface area contributed by atoms with Crippen LogP contribution in [0.25, 0.3) is 11.1 Å². The third-order valence-corrected chi connectivity index (χ3v) is 2.95. The lowest BCUT2D eigenvalue weighted by molar-refractivity contribution is 0.0697. The van der Waals surface area contributed by atoms with Gasteiger partial charge in [-0.05, 0) is 42.2 Å². The van der Waals surface area contributed by atoms with Gasteiger partial charge in [-0.2, -0.15) is 0 Å². The Morgan fingerprint density at radius 1 is 1.16 bits per heavy atom. The first-order chi connectivity index (χ1) is 9.06. The van der Waals surface area contributed by atoms with Crippen molar-refractivity contribution < 1.29 is 9.90 Å². The molecule has 0 bridgehead atoms. The molecular weight excluding hydrogens is 238 g/mol. The average molecular weight is 255 g/mol. The second-order valence-corrected chi connectivity index (χ2v) is 4.76. The molecule has 3 N–H and O–H groups in total. The highest BCUT2D eigenvalue weighted by molar-refractivity contribution is 5.89. The van der Waals surface area contributed by atoms with Crippen molar-refractivity contribution in [2.45, 2.75) is 19.4 Å². The summed E-state index contributed by atoms with van der Waals surface area (Å²) in [5, 5.41) is 8.99. The lowest BCUT2D eigenvalue weighted by atomic mass is 10.00. The number of nitrogens with two attached hydrogens (primary N) is 1. The molecule has 2 rings (SSSR count). The zero-order chi connectivity index (χ0) is 13.8. The quantitative estimate of drug-likeness (QED) is 0.882. The predicted octanol–water partition coefficient (Wildman–Crippen LogP) is 2.94. The summed E-state index contributed by atoms with van der Waals surface area (Å²) in [7, 11) is 0. The first kappa shape index (κ1) is 13.3. The largest absolute Gasteiger partial charge is 0.478 e. The number of carboxylic acid groups (broad SMARTS) is 1. The highest BCUT2D eigenvalue weighted by Gasteiger charge is 2.05. The zero-order valence-corrected chi connectivity index (χ0v) is 10.8. The predicted molar refractivity (Wildman–Crippen MR) is 76.2 cm³/mol. The Balaban J connectivity index is 2.27. The van der Waals surface area contributed by atoms with Crippen molar-refractivity contribution in [3.8, 4) is 11.1 Å². The summed E-state index contributed by atoms with van der Waals surface area (Å²) in [6.07, 6.45) is 0.843. The number of benzene rings is 2. The zero-order valence-electron chi connectivity index (χ0n) is 10.8. The van der Waals surface area contributed by atoms with Crippen LogP contribution in [0.3, 0.4) is 0 Å². The third kappa shape index (κ3) is 3.42. The first-order valence-electron chi connectivity index (χ1n) is 6.24. The van der Waals surface area contributed by atoms with Gasteiger partial charge in [0.2, 0.25) is 0 Å². The SMILES string of the molecule is CC(N)Cc1ccc(-c2cccc(C(=O)O)c2)cc1. The Labute approximate surface area is 112 Å². The van der Waals surface area contributed by atoms with Crippen LogP contribution in [-0.2, 0) is 6.42 Å². The molecule has 0 saturated heterocycles. The molecule has 2 aromatic carbocycles. The van der Waals surface area contributed by atoms with E-state index in [0.717, 1.165) is 17.5 Å². The Morgan fingerprint density at radius 3 is 2.42 bits per heavy atom. The van der Waals surface area contributed by atoms with Gasteiger partial charge in [0.25, 0.3) is 0 Å². The Kier molecular flexibility index (Phi) is 3.97. The minimum atomic E-state index is -0.907. The van der Waals surface area contributed by atoms with Gasteiger partial charge in [0.05, 0.1) is 5.56 Å². The van der Waals surface area contributed by atoms with Crippen molar-refractivity contribution in [1.29, 1.82) is 0 Å². The van der Waals surface area contributed by atoms with E-state index >= 15 is 0 Å². The van der Waals surface area contributed by atoms with Crippen LogP contribution in [0.1, 0.15) is 22.8 Å². The maximum atomic E-state index is 10.9. The van der Waals surface area contributed by atoms with Crippen LogP contribution in [0.5, 0.6) is 0 Å². The normalized spacial score (nSPS) is 12.1. The van der Waals surface area contributed by atoms with Crippen molar-refractivity contribution in [2.75, 3.05) is 0 Å². The topological polar surface area (TPSA) is 63.3 Å². The Hall–Kier alpha value is -2.13. The minimum absolute atomic E-state index is 0.140. The highest BCUT2D eigenvalue weighted by atomic mass is 16.4. The molecule has 1 atom stereocenters. The van der Waals surface area contributed by atoms with Gasteiger partial charge in [0.1, 0.15) is 0 Å². The molecule has 98 valence electrons. The monoisotopic (exact) mass is 255 g/mol. The average Bonchev–Trinajstić information content (AvgIpc) is 2.39. The van der Waals surface area contributed by atoms with Crippen LogP contribution in [0.2, 0.25) is 0 Å². The summed E-state index contributed by atoms with van der Waals surface area (Å²) in [6, 6.07) is 15.2. The number of rotatable bonds is 4. The summed E-state index contributed by atoms with van der Waals surface area (Å²) >= 11 is 0. The fourth-order valence-electron chi connectivity index (χ4n) is 2.04. The molecule has 1 unspecified atom stereocenters. The van der Waals surface area contributed by atoms with E-state index in [1.54, 1.807) is 18.2 Å². The second kappa shape index (κ2) is 5.67. The Bertz CT molecular complexity index is 574. The van der Waals surface area contributed by atoms with E-state index in [1.807, 2.05) is 37.3 Å². The van der Waals surface area contributed by atoms with Crippen LogP contribution >= 0.6 is 0 Å². The smallest absolute Gasteiger partial charge is 0.335 e. The van der Waals surface area contributed by atoms with Gasteiger partial charge in [-0.3, -0.25) is 0 Å². The van der Waals surface area contributed by atoms with Crippen molar-refractivity contribution in [1.82, 2.24) is 0 Å². The van der Waals surface area contributed by atoms with Crippen molar-refractivity contribution in [3.63, 3.8) is 0 Å². The first-order valence-corrected chi connectivity index (χ1v) is 6.24. The molecule has 0 heterocycles. The fourth-order valence-corrected chi connectivity index (χ4v) is 2.04. The fraction of sp³-hybridized carbons (Fsp3) is 0.188. The second-order valence-electron chi connectivity index (χ2n) is 4.76. The van der Waals surface area contributed by atoms with Gasteiger partial charge in [0, 0.05) is 6.04 Å². The van der Waals surface area contributed by atoms with Crippen LogP contribution in [0.15, 0.2) is 48.5 Å². The van der Waals surface area contributed by atoms with E-state index in [2.05, 4.69) is 0 Å². The minimum Gasteiger partial charge on any atom is -0.478 e. The van der Waals surface area contributed by atoms with Crippen LogP contribution < -0.4 is 5.73 Å². The van der Waals surface area contributed by atoms with E-state index in [0.29, 0.717) is 5.56 Å². The highest BCUT2D eigenvalue weighted by Crippen LogP contribution is 2.21. The molecule has 0 saturated carbocycles. The summed E-state index contributed by atoms with van der Waals surface area (Å²) in [4.78, 5) is 10.9. The summed E-state index contributed by atoms with van der Waals surface area (Å²) in [5.41, 5.74) is 9.17. The Morgan fingerprint density at radius 2 is 1.84 bits per heavy atom. The van der Waals surface area contributed by atoms with E-state index in [1.165, 1.54) is 5.56 Å². The van der Waals surface area contributed by atoms with Gasteiger partial charge < -0.3 is 10.8 Å². The van der Waals surface area contributed by atoms with Gasteiger partial charge in [-0.25, -0.2) is 4.79 Å². The van der Waals surface area contributed by atoms with Gasteiger partial charge in [-0.1, -0.05) is 36.4 Å². The molecule has 0 aromatic heterocycles.